The van der Waals surface area contributed by atoms with Crippen LogP contribution in [0.25, 0.3) is 0 Å². The fraction of sp³-hybridized carbons (Fsp3) is 0.846. The van der Waals surface area contributed by atoms with Gasteiger partial charge in [0.05, 0.1) is 27.3 Å². The zero-order valence-electron chi connectivity index (χ0n) is 10.6. The summed E-state index contributed by atoms with van der Waals surface area (Å²) >= 11 is 0. The number of quaternary nitrogens is 1. The van der Waals surface area contributed by atoms with Crippen molar-refractivity contribution < 1.29 is 4.48 Å². The van der Waals surface area contributed by atoms with Crippen molar-refractivity contribution in [1.82, 2.24) is 0 Å². The van der Waals surface area contributed by atoms with Crippen LogP contribution < -0.4 is 0 Å². The van der Waals surface area contributed by atoms with E-state index in [2.05, 4.69) is 40.3 Å². The van der Waals surface area contributed by atoms with Crippen molar-refractivity contribution in [3.8, 4) is 0 Å². The second-order valence-electron chi connectivity index (χ2n) is 5.06. The first-order valence-electron chi connectivity index (χ1n) is 6.05. The van der Waals surface area contributed by atoms with Crippen LogP contribution in [0.5, 0.6) is 0 Å². The van der Waals surface area contributed by atoms with E-state index in [4.69, 9.17) is 0 Å². The topological polar surface area (TPSA) is 0 Å². The molecule has 1 heteroatoms. The van der Waals surface area contributed by atoms with Crippen molar-refractivity contribution in [1.29, 1.82) is 0 Å². The van der Waals surface area contributed by atoms with E-state index >= 15 is 0 Å². The van der Waals surface area contributed by atoms with Gasteiger partial charge >= 0.3 is 0 Å². The first kappa shape index (κ1) is 13.7. The maximum Gasteiger partial charge on any atom is 0.0911 e. The van der Waals surface area contributed by atoms with Gasteiger partial charge in [0.1, 0.15) is 0 Å². The molecule has 1 nitrogen and oxygen atoms in total. The van der Waals surface area contributed by atoms with Gasteiger partial charge in [-0.15, -0.1) is 0 Å². The van der Waals surface area contributed by atoms with Crippen LogP contribution in [-0.4, -0.2) is 25.6 Å². The van der Waals surface area contributed by atoms with E-state index in [1.54, 1.807) is 0 Å². The Morgan fingerprint density at radius 1 is 0.857 bits per heavy atom. The van der Waals surface area contributed by atoms with Crippen molar-refractivity contribution in [3.63, 3.8) is 0 Å². The minimum Gasteiger partial charge on any atom is -0.305 e. The van der Waals surface area contributed by atoms with Gasteiger partial charge in [-0.2, -0.15) is 0 Å². The van der Waals surface area contributed by atoms with E-state index in [1.165, 1.54) is 44.9 Å². The molecule has 0 unspecified atom stereocenters. The molecule has 0 rings (SSSR count). The molecule has 0 spiro atoms. The van der Waals surface area contributed by atoms with E-state index in [9.17, 15) is 0 Å². The molecule has 0 N–H and O–H groups in total. The van der Waals surface area contributed by atoms with Gasteiger partial charge in [0, 0.05) is 0 Å². The Labute approximate surface area is 90.4 Å². The van der Waals surface area contributed by atoms with Gasteiger partial charge in [0.15, 0.2) is 0 Å². The number of hydrogen-bond donors (Lipinski definition) is 0. The highest BCUT2D eigenvalue weighted by Gasteiger charge is 1.98. The lowest BCUT2D eigenvalue weighted by molar-refractivity contribution is -0.817. The van der Waals surface area contributed by atoms with Crippen LogP contribution in [0.3, 0.4) is 0 Å². The maximum atomic E-state index is 2.32. The maximum absolute atomic E-state index is 2.32. The Bertz CT molecular complexity index is 142. The summed E-state index contributed by atoms with van der Waals surface area (Å²) in [6.07, 6.45) is 14.2. The van der Waals surface area contributed by atoms with Gasteiger partial charge in [-0.05, 0) is 18.9 Å². The number of allylic oxidation sites excluding steroid dienone is 1. The minimum atomic E-state index is 0.940. The number of unbranched alkanes of at least 4 members (excludes halogenated alkanes) is 6. The van der Waals surface area contributed by atoms with E-state index < -0.39 is 0 Å². The van der Waals surface area contributed by atoms with E-state index in [-0.39, 0.29) is 0 Å². The van der Waals surface area contributed by atoms with Gasteiger partial charge < -0.3 is 4.48 Å². The molecule has 0 atom stereocenters. The van der Waals surface area contributed by atoms with Crippen molar-refractivity contribution >= 4 is 0 Å². The zero-order valence-corrected chi connectivity index (χ0v) is 10.6. The monoisotopic (exact) mass is 198 g/mol. The van der Waals surface area contributed by atoms with Crippen molar-refractivity contribution in [2.24, 2.45) is 0 Å². The van der Waals surface area contributed by atoms with Crippen molar-refractivity contribution in [2.45, 2.75) is 51.9 Å². The Balaban J connectivity index is 3.17. The molecule has 0 aromatic carbocycles. The first-order chi connectivity index (χ1) is 6.56. The fourth-order valence-corrected chi connectivity index (χ4v) is 1.43. The summed E-state index contributed by atoms with van der Waals surface area (Å²) in [5.74, 6) is 0. The summed E-state index contributed by atoms with van der Waals surface area (Å²) in [6, 6.07) is 0. The van der Waals surface area contributed by atoms with Crippen LogP contribution in [0.2, 0.25) is 0 Å². The molecule has 0 aromatic rings. The third-order valence-electron chi connectivity index (χ3n) is 2.28. The summed E-state index contributed by atoms with van der Waals surface area (Å²) in [5, 5.41) is 0. The largest absolute Gasteiger partial charge is 0.305 e. The average molecular weight is 198 g/mol. The molecule has 0 saturated heterocycles. The molecule has 14 heavy (non-hydrogen) atoms. The van der Waals surface area contributed by atoms with Crippen LogP contribution >= 0.6 is 0 Å². The molecule has 0 amide bonds. The molecular formula is C13H28N+. The summed E-state index contributed by atoms with van der Waals surface area (Å²) in [6.45, 7) is 2.27. The van der Waals surface area contributed by atoms with E-state index in [1.807, 2.05) is 0 Å². The number of nitrogens with zero attached hydrogens (tertiary/aromatic N) is 1. The highest BCUT2D eigenvalue weighted by atomic mass is 15.3. The van der Waals surface area contributed by atoms with Gasteiger partial charge in [-0.3, -0.25) is 0 Å². The van der Waals surface area contributed by atoms with E-state index in [0.717, 1.165) is 4.48 Å². The molecule has 0 saturated carbocycles. The lowest BCUT2D eigenvalue weighted by Crippen LogP contribution is -2.26. The molecular weight excluding hydrogens is 170 g/mol. The molecule has 0 fully saturated rings. The Morgan fingerprint density at radius 3 is 2.00 bits per heavy atom. The summed E-state index contributed by atoms with van der Waals surface area (Å²) in [5.41, 5.74) is 0. The lowest BCUT2D eigenvalue weighted by Gasteiger charge is -2.17. The minimum absolute atomic E-state index is 0.940. The van der Waals surface area contributed by atoms with Crippen LogP contribution in [-0.2, 0) is 0 Å². The summed E-state index contributed by atoms with van der Waals surface area (Å²) in [4.78, 5) is 0. The van der Waals surface area contributed by atoms with Crippen LogP contribution in [0.1, 0.15) is 51.9 Å². The second kappa shape index (κ2) is 8.05. The molecule has 0 heterocycles. The predicted molar refractivity (Wildman–Crippen MR) is 65.2 cm³/mol. The average Bonchev–Trinajstić information content (AvgIpc) is 2.08. The van der Waals surface area contributed by atoms with Crippen LogP contribution in [0, 0.1) is 0 Å². The molecule has 0 aliphatic carbocycles. The van der Waals surface area contributed by atoms with Crippen molar-refractivity contribution in [3.05, 3.63) is 12.3 Å². The third kappa shape index (κ3) is 11.7. The normalized spacial score (nSPS) is 12.6. The summed E-state index contributed by atoms with van der Waals surface area (Å²) < 4.78 is 0.940. The van der Waals surface area contributed by atoms with Gasteiger partial charge in [-0.1, -0.05) is 39.0 Å². The number of rotatable bonds is 8. The fourth-order valence-electron chi connectivity index (χ4n) is 1.43. The first-order valence-corrected chi connectivity index (χ1v) is 6.05. The molecule has 0 aromatic heterocycles. The predicted octanol–water partition coefficient (Wildman–Crippen LogP) is 3.96. The Hall–Kier alpha value is -0.300. The van der Waals surface area contributed by atoms with Gasteiger partial charge in [0.2, 0.25) is 0 Å². The molecule has 84 valence electrons. The molecule has 0 bridgehead atoms. The van der Waals surface area contributed by atoms with E-state index in [0.29, 0.717) is 0 Å². The quantitative estimate of drug-likeness (QED) is 0.409. The van der Waals surface area contributed by atoms with Gasteiger partial charge in [-0.25, -0.2) is 0 Å². The molecule has 0 radical (unpaired) electrons. The zero-order chi connectivity index (χ0) is 10.9. The smallest absolute Gasteiger partial charge is 0.0911 e. The Morgan fingerprint density at radius 2 is 1.43 bits per heavy atom. The van der Waals surface area contributed by atoms with Crippen LogP contribution in [0.15, 0.2) is 12.3 Å². The molecule has 0 aliphatic rings. The van der Waals surface area contributed by atoms with Gasteiger partial charge in [0.25, 0.3) is 0 Å². The Kier molecular flexibility index (Phi) is 7.87. The number of hydrogen-bond acceptors (Lipinski definition) is 0. The standard InChI is InChI=1S/C13H28N/c1-5-6-7-8-9-10-11-12-13-14(2,3)4/h12-13H,5-11H2,1-4H3/q+1/b13-12+. The molecule has 0 aliphatic heterocycles. The second-order valence-corrected chi connectivity index (χ2v) is 5.06. The summed E-state index contributed by atoms with van der Waals surface area (Å²) in [7, 11) is 6.58. The SMILES string of the molecule is CCCCCCCC/C=C/[N+](C)(C)C. The third-order valence-corrected chi connectivity index (χ3v) is 2.28. The van der Waals surface area contributed by atoms with Crippen LogP contribution in [0.4, 0.5) is 0 Å². The lowest BCUT2D eigenvalue weighted by atomic mass is 10.1. The highest BCUT2D eigenvalue weighted by Crippen LogP contribution is 2.07. The highest BCUT2D eigenvalue weighted by molar-refractivity contribution is 4.72. The van der Waals surface area contributed by atoms with Crippen molar-refractivity contribution in [2.75, 3.05) is 21.1 Å².